The number of aryl methyl sites for hydroxylation is 1. The van der Waals surface area contributed by atoms with Crippen LogP contribution in [0.3, 0.4) is 0 Å². The highest BCUT2D eigenvalue weighted by molar-refractivity contribution is 5.96. The summed E-state index contributed by atoms with van der Waals surface area (Å²) >= 11 is 0. The van der Waals surface area contributed by atoms with E-state index in [2.05, 4.69) is 10.3 Å². The van der Waals surface area contributed by atoms with Crippen LogP contribution in [0.1, 0.15) is 34.5 Å². The molecule has 164 valence electrons. The molecule has 1 aliphatic heterocycles. The van der Waals surface area contributed by atoms with Gasteiger partial charge in [-0.1, -0.05) is 6.07 Å². The van der Waals surface area contributed by atoms with Gasteiger partial charge in [-0.3, -0.25) is 19.4 Å². The van der Waals surface area contributed by atoms with E-state index in [0.717, 1.165) is 18.4 Å². The maximum Gasteiger partial charge on any atom is 0.267 e. The van der Waals surface area contributed by atoms with Crippen molar-refractivity contribution >= 4 is 22.6 Å². The Bertz CT molecular complexity index is 1430. The second-order valence-corrected chi connectivity index (χ2v) is 8.01. The first kappa shape index (κ1) is 20.2. The van der Waals surface area contributed by atoms with Gasteiger partial charge in [-0.15, -0.1) is 0 Å². The predicted molar refractivity (Wildman–Crippen MR) is 117 cm³/mol. The van der Waals surface area contributed by atoms with Gasteiger partial charge in [-0.25, -0.2) is 4.98 Å². The molecule has 0 aromatic carbocycles. The number of pyridine rings is 2. The highest BCUT2D eigenvalue weighted by Gasteiger charge is 2.21. The first-order valence-corrected chi connectivity index (χ1v) is 10.5. The number of carbonyl (C=O) groups is 1. The summed E-state index contributed by atoms with van der Waals surface area (Å²) in [6.07, 6.45) is 5.09. The van der Waals surface area contributed by atoms with Gasteiger partial charge in [0.15, 0.2) is 0 Å². The summed E-state index contributed by atoms with van der Waals surface area (Å²) in [5, 5.41) is 11.9. The molecule has 1 fully saturated rings. The van der Waals surface area contributed by atoms with Gasteiger partial charge in [0.1, 0.15) is 22.5 Å². The zero-order chi connectivity index (χ0) is 22.2. The molecule has 32 heavy (non-hydrogen) atoms. The van der Waals surface area contributed by atoms with Gasteiger partial charge in [0.2, 0.25) is 0 Å². The van der Waals surface area contributed by atoms with Crippen LogP contribution < -0.4 is 16.4 Å². The molecule has 9 heteroatoms. The summed E-state index contributed by atoms with van der Waals surface area (Å²) in [6, 6.07) is 8.63. The summed E-state index contributed by atoms with van der Waals surface area (Å²) in [6.45, 7) is 3.12. The number of nitrogens with zero attached hydrogens (tertiary/aromatic N) is 3. The Hall–Kier alpha value is -3.72. The van der Waals surface area contributed by atoms with Crippen molar-refractivity contribution in [3.63, 3.8) is 0 Å². The molecule has 9 nitrogen and oxygen atoms in total. The third-order valence-corrected chi connectivity index (χ3v) is 5.71. The van der Waals surface area contributed by atoms with E-state index in [0.29, 0.717) is 30.2 Å². The molecular formula is C23H23N5O4. The number of furan rings is 1. The minimum Gasteiger partial charge on any atom is -0.467 e. The molecule has 1 saturated heterocycles. The summed E-state index contributed by atoms with van der Waals surface area (Å²) in [5.74, 6) is 0.168. The average molecular weight is 433 g/mol. The smallest absolute Gasteiger partial charge is 0.267 e. The number of hydrogen-bond acceptors (Lipinski definition) is 6. The van der Waals surface area contributed by atoms with Crippen LogP contribution >= 0.6 is 0 Å². The Labute approximate surface area is 182 Å². The number of carbonyl (C=O) groups excluding carboxylic acids is 1. The Morgan fingerprint density at radius 2 is 2.22 bits per heavy atom. The summed E-state index contributed by atoms with van der Waals surface area (Å²) in [4.78, 5) is 31.0. The monoisotopic (exact) mass is 433 g/mol. The fourth-order valence-electron chi connectivity index (χ4n) is 4.04. The number of rotatable bonds is 5. The maximum absolute atomic E-state index is 13.3. The van der Waals surface area contributed by atoms with E-state index < -0.39 is 5.91 Å². The van der Waals surface area contributed by atoms with E-state index in [9.17, 15) is 9.59 Å². The maximum atomic E-state index is 13.3. The van der Waals surface area contributed by atoms with Gasteiger partial charge < -0.3 is 19.0 Å². The molecular weight excluding hydrogens is 410 g/mol. The van der Waals surface area contributed by atoms with Crippen molar-refractivity contribution in [3.8, 4) is 0 Å². The fraction of sp³-hybridized carbons (Fsp3) is 0.304. The Balaban J connectivity index is 1.68. The van der Waals surface area contributed by atoms with Crippen LogP contribution in [0.4, 0.5) is 0 Å². The molecule has 5 rings (SSSR count). The van der Waals surface area contributed by atoms with Crippen LogP contribution in [0.25, 0.3) is 16.7 Å². The van der Waals surface area contributed by atoms with Gasteiger partial charge in [0, 0.05) is 19.3 Å². The standard InChI is InChI=1S/C23H23N5O4/c1-14-6-7-19-26-21-18(23(30)27(19)12-14)10-17(22(29)25-11-15-4-2-8-31-15)20(24)28(21)13-16-5-3-9-32-16/h3,5-7,9-10,12,15,24H,2,4,8,11,13H2,1H3,(H,25,29)/t15-/m0/s1. The van der Waals surface area contributed by atoms with E-state index in [4.69, 9.17) is 14.6 Å². The molecule has 1 aliphatic rings. The van der Waals surface area contributed by atoms with E-state index in [1.807, 2.05) is 13.0 Å². The minimum atomic E-state index is -0.422. The van der Waals surface area contributed by atoms with Crippen LogP contribution in [0.2, 0.25) is 0 Å². The number of aromatic nitrogens is 3. The summed E-state index contributed by atoms with van der Waals surface area (Å²) in [7, 11) is 0. The lowest BCUT2D eigenvalue weighted by atomic mass is 10.1. The van der Waals surface area contributed by atoms with Crippen LogP contribution in [0.5, 0.6) is 0 Å². The Kier molecular flexibility index (Phi) is 5.10. The van der Waals surface area contributed by atoms with Crippen molar-refractivity contribution in [2.75, 3.05) is 13.2 Å². The lowest BCUT2D eigenvalue weighted by Gasteiger charge is -2.15. The number of nitrogens with one attached hydrogen (secondary N) is 2. The zero-order valence-corrected chi connectivity index (χ0v) is 17.6. The van der Waals surface area contributed by atoms with Gasteiger partial charge >= 0.3 is 0 Å². The van der Waals surface area contributed by atoms with Crippen molar-refractivity contribution < 1.29 is 13.9 Å². The topological polar surface area (TPSA) is 115 Å². The third-order valence-electron chi connectivity index (χ3n) is 5.71. The van der Waals surface area contributed by atoms with Crippen LogP contribution in [-0.2, 0) is 11.3 Å². The fourth-order valence-corrected chi connectivity index (χ4v) is 4.04. The van der Waals surface area contributed by atoms with E-state index in [1.165, 1.54) is 15.0 Å². The molecule has 4 aromatic rings. The molecule has 0 bridgehead atoms. The van der Waals surface area contributed by atoms with Crippen molar-refractivity contribution in [1.82, 2.24) is 19.3 Å². The van der Waals surface area contributed by atoms with Crippen molar-refractivity contribution in [1.29, 1.82) is 5.41 Å². The highest BCUT2D eigenvalue weighted by Crippen LogP contribution is 2.14. The molecule has 0 radical (unpaired) electrons. The second kappa shape index (κ2) is 8.08. The first-order chi connectivity index (χ1) is 15.5. The van der Waals surface area contributed by atoms with Gasteiger partial charge in [0.25, 0.3) is 11.5 Å². The summed E-state index contributed by atoms with van der Waals surface area (Å²) in [5.41, 5.74) is 1.48. The van der Waals surface area contributed by atoms with Crippen LogP contribution in [-0.4, -0.2) is 39.1 Å². The number of amides is 1. The Morgan fingerprint density at radius 3 is 2.97 bits per heavy atom. The predicted octanol–water partition coefficient (Wildman–Crippen LogP) is 1.99. The molecule has 1 amide bonds. The van der Waals surface area contributed by atoms with Crippen molar-refractivity contribution in [3.05, 3.63) is 75.5 Å². The quantitative estimate of drug-likeness (QED) is 0.467. The van der Waals surface area contributed by atoms with Crippen molar-refractivity contribution in [2.45, 2.75) is 32.4 Å². The highest BCUT2D eigenvalue weighted by atomic mass is 16.5. The lowest BCUT2D eigenvalue weighted by Crippen LogP contribution is -2.38. The van der Waals surface area contributed by atoms with E-state index >= 15 is 0 Å². The largest absolute Gasteiger partial charge is 0.467 e. The van der Waals surface area contributed by atoms with Crippen LogP contribution in [0.15, 0.2) is 52.0 Å². The Morgan fingerprint density at radius 1 is 1.34 bits per heavy atom. The van der Waals surface area contributed by atoms with E-state index in [-0.39, 0.29) is 34.6 Å². The van der Waals surface area contributed by atoms with Crippen LogP contribution in [0, 0.1) is 12.3 Å². The molecule has 0 spiro atoms. The molecule has 0 aliphatic carbocycles. The SMILES string of the molecule is Cc1ccc2nc3c(cc(C(=O)NC[C@@H]4CCCO4)c(=N)n3Cc3ccco3)c(=O)n2c1. The van der Waals surface area contributed by atoms with Gasteiger partial charge in [-0.2, -0.15) is 0 Å². The molecule has 5 heterocycles. The second-order valence-electron chi connectivity index (χ2n) is 8.01. The number of ether oxygens (including phenoxy) is 1. The number of hydrogen-bond donors (Lipinski definition) is 2. The lowest BCUT2D eigenvalue weighted by molar-refractivity contribution is 0.0856. The minimum absolute atomic E-state index is 0.0250. The zero-order valence-electron chi connectivity index (χ0n) is 17.6. The molecule has 1 atom stereocenters. The number of fused-ring (bicyclic) bond motifs is 2. The van der Waals surface area contributed by atoms with Gasteiger partial charge in [0.05, 0.1) is 29.9 Å². The van der Waals surface area contributed by atoms with Crippen molar-refractivity contribution in [2.24, 2.45) is 0 Å². The molecule has 0 unspecified atom stereocenters. The first-order valence-electron chi connectivity index (χ1n) is 10.5. The average Bonchev–Trinajstić information content (AvgIpc) is 3.49. The molecule has 4 aromatic heterocycles. The van der Waals surface area contributed by atoms with E-state index in [1.54, 1.807) is 30.7 Å². The third kappa shape index (κ3) is 3.60. The van der Waals surface area contributed by atoms with Gasteiger partial charge in [-0.05, 0) is 49.6 Å². The normalized spacial score (nSPS) is 16.1. The summed E-state index contributed by atoms with van der Waals surface area (Å²) < 4.78 is 14.0. The molecule has 2 N–H and O–H groups in total. The molecule has 0 saturated carbocycles.